The summed E-state index contributed by atoms with van der Waals surface area (Å²) in [6, 6.07) is 13.8. The van der Waals surface area contributed by atoms with Gasteiger partial charge in [-0.2, -0.15) is 0 Å². The highest BCUT2D eigenvalue weighted by Crippen LogP contribution is 2.44. The van der Waals surface area contributed by atoms with Crippen molar-refractivity contribution in [3.05, 3.63) is 59.7 Å². The number of methoxy groups -OCH3 is 1. The number of nitrogens with one attached hydrogen (secondary N) is 2. The first-order valence-corrected chi connectivity index (χ1v) is 9.56. The molecule has 1 aliphatic carbocycles. The SMILES string of the molecule is COCC(NC(=O)OCC1c2ccccc2-c2ccccc21)C(=O)N[C@H](C)C(=O)O. The Hall–Kier alpha value is -3.39. The van der Waals surface area contributed by atoms with E-state index in [0.717, 1.165) is 22.3 Å². The van der Waals surface area contributed by atoms with Gasteiger partial charge in [-0.1, -0.05) is 48.5 Å². The molecule has 1 unspecified atom stereocenters. The Balaban J connectivity index is 1.65. The van der Waals surface area contributed by atoms with Crippen molar-refractivity contribution in [1.29, 1.82) is 0 Å². The Bertz CT molecular complexity index is 899. The number of aliphatic carboxylic acids is 1. The molecule has 8 heteroatoms. The number of carboxylic acid groups (broad SMARTS) is 1. The number of carbonyl (C=O) groups excluding carboxylic acids is 2. The third kappa shape index (κ3) is 4.60. The van der Waals surface area contributed by atoms with E-state index in [1.54, 1.807) is 0 Å². The number of carbonyl (C=O) groups is 3. The topological polar surface area (TPSA) is 114 Å². The van der Waals surface area contributed by atoms with Crippen LogP contribution in [0.2, 0.25) is 0 Å². The Morgan fingerprint density at radius 3 is 2.10 bits per heavy atom. The summed E-state index contributed by atoms with van der Waals surface area (Å²) in [5.41, 5.74) is 4.38. The van der Waals surface area contributed by atoms with Crippen molar-refractivity contribution in [3.63, 3.8) is 0 Å². The number of carboxylic acids is 1. The molecule has 158 valence electrons. The van der Waals surface area contributed by atoms with Crippen LogP contribution in [-0.2, 0) is 19.1 Å². The van der Waals surface area contributed by atoms with Crippen LogP contribution in [0.4, 0.5) is 4.79 Å². The lowest BCUT2D eigenvalue weighted by Crippen LogP contribution is -2.52. The lowest BCUT2D eigenvalue weighted by Gasteiger charge is -2.20. The second-order valence-electron chi connectivity index (χ2n) is 7.05. The molecule has 2 atom stereocenters. The number of ether oxygens (including phenoxy) is 2. The van der Waals surface area contributed by atoms with Crippen LogP contribution in [0.15, 0.2) is 48.5 Å². The first kappa shape index (κ1) is 21.3. The molecule has 0 radical (unpaired) electrons. The highest BCUT2D eigenvalue weighted by Gasteiger charge is 2.30. The van der Waals surface area contributed by atoms with Crippen molar-refractivity contribution in [1.82, 2.24) is 10.6 Å². The lowest BCUT2D eigenvalue weighted by atomic mass is 9.98. The number of hydrogen-bond acceptors (Lipinski definition) is 5. The fraction of sp³-hybridized carbons (Fsp3) is 0.318. The molecule has 0 spiro atoms. The first-order valence-electron chi connectivity index (χ1n) is 9.56. The van der Waals surface area contributed by atoms with E-state index in [9.17, 15) is 14.4 Å². The van der Waals surface area contributed by atoms with E-state index >= 15 is 0 Å². The predicted octanol–water partition coefficient (Wildman–Crippen LogP) is 2.13. The molecule has 0 heterocycles. The van der Waals surface area contributed by atoms with Crippen molar-refractivity contribution >= 4 is 18.0 Å². The van der Waals surface area contributed by atoms with Gasteiger partial charge in [0.25, 0.3) is 0 Å². The predicted molar refractivity (Wildman–Crippen MR) is 109 cm³/mol. The van der Waals surface area contributed by atoms with Crippen molar-refractivity contribution in [2.24, 2.45) is 0 Å². The summed E-state index contributed by atoms with van der Waals surface area (Å²) in [4.78, 5) is 35.5. The summed E-state index contributed by atoms with van der Waals surface area (Å²) in [5.74, 6) is -1.95. The Morgan fingerprint density at radius 1 is 1.00 bits per heavy atom. The van der Waals surface area contributed by atoms with Crippen molar-refractivity contribution in [2.75, 3.05) is 20.3 Å². The van der Waals surface area contributed by atoms with Crippen LogP contribution < -0.4 is 10.6 Å². The number of amides is 2. The molecule has 30 heavy (non-hydrogen) atoms. The lowest BCUT2D eigenvalue weighted by molar-refractivity contribution is -0.141. The Kier molecular flexibility index (Phi) is 6.68. The largest absolute Gasteiger partial charge is 0.480 e. The summed E-state index contributed by atoms with van der Waals surface area (Å²) in [6.45, 7) is 1.31. The molecule has 0 aliphatic heterocycles. The zero-order chi connectivity index (χ0) is 21.7. The molecular formula is C22H24N2O6. The zero-order valence-corrected chi connectivity index (χ0v) is 16.8. The minimum atomic E-state index is -1.18. The van der Waals surface area contributed by atoms with Gasteiger partial charge in [-0.3, -0.25) is 9.59 Å². The molecule has 1 aliphatic rings. The Morgan fingerprint density at radius 2 is 1.57 bits per heavy atom. The van der Waals surface area contributed by atoms with Crippen molar-refractivity contribution in [3.8, 4) is 11.1 Å². The summed E-state index contributed by atoms with van der Waals surface area (Å²) < 4.78 is 10.4. The van der Waals surface area contributed by atoms with Crippen LogP contribution in [0.5, 0.6) is 0 Å². The smallest absolute Gasteiger partial charge is 0.407 e. The van der Waals surface area contributed by atoms with E-state index in [4.69, 9.17) is 14.6 Å². The number of fused-ring (bicyclic) bond motifs is 3. The highest BCUT2D eigenvalue weighted by molar-refractivity contribution is 5.89. The van der Waals surface area contributed by atoms with E-state index in [0.29, 0.717) is 0 Å². The fourth-order valence-corrected chi connectivity index (χ4v) is 3.51. The average molecular weight is 412 g/mol. The monoisotopic (exact) mass is 412 g/mol. The van der Waals surface area contributed by atoms with Gasteiger partial charge in [0, 0.05) is 13.0 Å². The van der Waals surface area contributed by atoms with Crippen LogP contribution in [0, 0.1) is 0 Å². The van der Waals surface area contributed by atoms with Crippen LogP contribution in [0.3, 0.4) is 0 Å². The third-order valence-corrected chi connectivity index (χ3v) is 5.01. The molecular weight excluding hydrogens is 388 g/mol. The second kappa shape index (κ2) is 9.41. The minimum absolute atomic E-state index is 0.104. The van der Waals surface area contributed by atoms with Crippen molar-refractivity contribution < 1.29 is 29.0 Å². The average Bonchev–Trinajstić information content (AvgIpc) is 3.05. The van der Waals surface area contributed by atoms with E-state index in [1.807, 2.05) is 48.5 Å². The molecule has 2 aromatic carbocycles. The summed E-state index contributed by atoms with van der Waals surface area (Å²) >= 11 is 0. The molecule has 0 saturated heterocycles. The number of alkyl carbamates (subject to hydrolysis) is 1. The molecule has 8 nitrogen and oxygen atoms in total. The maximum absolute atomic E-state index is 12.3. The molecule has 0 bridgehead atoms. The van der Waals surface area contributed by atoms with Crippen molar-refractivity contribution in [2.45, 2.75) is 24.9 Å². The van der Waals surface area contributed by atoms with Crippen LogP contribution in [-0.4, -0.2) is 55.5 Å². The van der Waals surface area contributed by atoms with Gasteiger partial charge in [0.15, 0.2) is 0 Å². The van der Waals surface area contributed by atoms with E-state index in [2.05, 4.69) is 10.6 Å². The summed E-state index contributed by atoms with van der Waals surface area (Å²) in [6.07, 6.45) is -0.781. The highest BCUT2D eigenvalue weighted by atomic mass is 16.5. The third-order valence-electron chi connectivity index (χ3n) is 5.01. The number of benzene rings is 2. The Labute approximate surface area is 174 Å². The molecule has 0 saturated carbocycles. The van der Waals surface area contributed by atoms with Gasteiger partial charge in [-0.15, -0.1) is 0 Å². The van der Waals surface area contributed by atoms with Gasteiger partial charge in [0.1, 0.15) is 18.7 Å². The number of rotatable bonds is 8. The molecule has 3 N–H and O–H groups in total. The van der Waals surface area contributed by atoms with Gasteiger partial charge in [0.2, 0.25) is 5.91 Å². The van der Waals surface area contributed by atoms with Gasteiger partial charge in [-0.05, 0) is 29.2 Å². The summed E-state index contributed by atoms with van der Waals surface area (Å²) in [7, 11) is 1.38. The van der Waals surface area contributed by atoms with E-state index < -0.39 is 30.1 Å². The number of hydrogen-bond donors (Lipinski definition) is 3. The molecule has 2 amide bonds. The minimum Gasteiger partial charge on any atom is -0.480 e. The van der Waals surface area contributed by atoms with Crippen LogP contribution >= 0.6 is 0 Å². The maximum Gasteiger partial charge on any atom is 0.407 e. The zero-order valence-electron chi connectivity index (χ0n) is 16.8. The molecule has 0 fully saturated rings. The first-order chi connectivity index (χ1) is 14.4. The van der Waals surface area contributed by atoms with E-state index in [1.165, 1.54) is 14.0 Å². The molecule has 0 aromatic heterocycles. The molecule has 2 aromatic rings. The summed E-state index contributed by atoms with van der Waals surface area (Å²) in [5, 5.41) is 13.7. The van der Waals surface area contributed by atoms with Crippen LogP contribution in [0.1, 0.15) is 24.0 Å². The maximum atomic E-state index is 12.3. The normalized spacial score (nSPS) is 14.2. The van der Waals surface area contributed by atoms with E-state index in [-0.39, 0.29) is 19.1 Å². The van der Waals surface area contributed by atoms with Gasteiger partial charge in [-0.25, -0.2) is 4.79 Å². The molecule has 3 rings (SSSR count). The quantitative estimate of drug-likeness (QED) is 0.612. The standard InChI is InChI=1S/C22H24N2O6/c1-13(21(26)27)23-20(25)19(12-29-2)24-22(28)30-11-18-16-9-5-3-7-14(16)15-8-4-6-10-17(15)18/h3-10,13,18-19H,11-12H2,1-2H3,(H,23,25)(H,24,28)(H,26,27)/t13-,19?/m1/s1. The van der Waals surface area contributed by atoms with Gasteiger partial charge >= 0.3 is 12.1 Å². The van der Waals surface area contributed by atoms with Crippen LogP contribution in [0.25, 0.3) is 11.1 Å². The second-order valence-corrected chi connectivity index (χ2v) is 7.05. The van der Waals surface area contributed by atoms with Gasteiger partial charge in [0.05, 0.1) is 6.61 Å². The fourth-order valence-electron chi connectivity index (χ4n) is 3.51. The van der Waals surface area contributed by atoms with Gasteiger partial charge < -0.3 is 25.2 Å².